The van der Waals surface area contributed by atoms with E-state index in [2.05, 4.69) is 18.4 Å². The van der Waals surface area contributed by atoms with Crippen LogP contribution in [0.15, 0.2) is 66.1 Å². The highest BCUT2D eigenvalue weighted by molar-refractivity contribution is 7.89. The van der Waals surface area contributed by atoms with Crippen LogP contribution >= 0.6 is 0 Å². The predicted molar refractivity (Wildman–Crippen MR) is 106 cm³/mol. The summed E-state index contributed by atoms with van der Waals surface area (Å²) in [6, 6.07) is 13.4. The summed E-state index contributed by atoms with van der Waals surface area (Å²) in [5.41, 5.74) is 1.49. The normalized spacial score (nSPS) is 10.5. The van der Waals surface area contributed by atoms with Gasteiger partial charge in [-0.25, -0.2) is 18.4 Å². The van der Waals surface area contributed by atoms with Gasteiger partial charge in [-0.1, -0.05) is 18.4 Å². The molecule has 0 bridgehead atoms. The van der Waals surface area contributed by atoms with Gasteiger partial charge in [-0.05, 0) is 61.4 Å². The number of unbranched alkanes of at least 4 members (excludes halogenated alkanes) is 1. The molecule has 2 N–H and O–H groups in total. The number of benzene rings is 2. The number of hydrogen-bond acceptors (Lipinski definition) is 5. The van der Waals surface area contributed by atoms with Crippen LogP contribution in [-0.2, 0) is 19.6 Å². The highest BCUT2D eigenvalue weighted by atomic mass is 32.2. The van der Waals surface area contributed by atoms with Crippen molar-refractivity contribution < 1.29 is 22.7 Å². The number of esters is 1. The lowest BCUT2D eigenvalue weighted by molar-refractivity contribution is -0.137. The van der Waals surface area contributed by atoms with Gasteiger partial charge in [0.05, 0.1) is 18.1 Å². The van der Waals surface area contributed by atoms with E-state index >= 15 is 0 Å². The van der Waals surface area contributed by atoms with Crippen molar-refractivity contribution >= 4 is 16.0 Å². The maximum absolute atomic E-state index is 11.2. The van der Waals surface area contributed by atoms with Gasteiger partial charge in [0, 0.05) is 17.2 Å². The molecule has 2 aromatic rings. The van der Waals surface area contributed by atoms with Crippen LogP contribution in [0.1, 0.15) is 24.0 Å². The quantitative estimate of drug-likeness (QED) is 0.319. The summed E-state index contributed by atoms with van der Waals surface area (Å²) in [5, 5.41) is 5.06. The number of sulfonamides is 1. The van der Waals surface area contributed by atoms with E-state index in [4.69, 9.17) is 14.6 Å². The third-order valence-corrected chi connectivity index (χ3v) is 4.54. The molecular weight excluding hydrogens is 378 g/mol. The molecule has 146 valence electrons. The van der Waals surface area contributed by atoms with Crippen LogP contribution in [0.5, 0.6) is 5.75 Å². The monoisotopic (exact) mass is 399 g/mol. The van der Waals surface area contributed by atoms with Crippen molar-refractivity contribution in [2.24, 2.45) is 5.14 Å². The number of primary sulfonamides is 1. The van der Waals surface area contributed by atoms with Crippen molar-refractivity contribution in [2.45, 2.75) is 17.7 Å². The minimum Gasteiger partial charge on any atom is -0.494 e. The highest BCUT2D eigenvalue weighted by Crippen LogP contribution is 2.13. The Morgan fingerprint density at radius 1 is 0.964 bits per heavy atom. The molecule has 0 amide bonds. The number of nitrogens with two attached hydrogens (primary N) is 1. The molecule has 0 fully saturated rings. The van der Waals surface area contributed by atoms with Crippen LogP contribution in [0.4, 0.5) is 0 Å². The molecule has 6 nitrogen and oxygen atoms in total. The molecule has 0 aromatic heterocycles. The van der Waals surface area contributed by atoms with Crippen molar-refractivity contribution in [1.29, 1.82) is 0 Å². The second kappa shape index (κ2) is 10.3. The number of rotatable bonds is 8. The van der Waals surface area contributed by atoms with E-state index < -0.39 is 16.0 Å². The second-order valence-corrected chi connectivity index (χ2v) is 7.33. The summed E-state index contributed by atoms with van der Waals surface area (Å²) in [4.78, 5) is 10.9. The van der Waals surface area contributed by atoms with E-state index in [-0.39, 0.29) is 4.90 Å². The van der Waals surface area contributed by atoms with Gasteiger partial charge in [-0.15, -0.1) is 0 Å². The van der Waals surface area contributed by atoms with Gasteiger partial charge in [0.2, 0.25) is 10.0 Å². The van der Waals surface area contributed by atoms with E-state index in [0.717, 1.165) is 23.8 Å². The van der Waals surface area contributed by atoms with Gasteiger partial charge in [0.1, 0.15) is 5.75 Å². The van der Waals surface area contributed by atoms with Crippen LogP contribution in [0, 0.1) is 11.8 Å². The molecule has 0 heterocycles. The molecule has 0 saturated carbocycles. The summed E-state index contributed by atoms with van der Waals surface area (Å²) < 4.78 is 33.0. The lowest BCUT2D eigenvalue weighted by Crippen LogP contribution is -2.11. The zero-order valence-electron chi connectivity index (χ0n) is 15.3. The molecule has 0 saturated heterocycles. The van der Waals surface area contributed by atoms with Gasteiger partial charge in [0.15, 0.2) is 0 Å². The van der Waals surface area contributed by atoms with Crippen LogP contribution in [0.3, 0.4) is 0 Å². The Morgan fingerprint density at radius 3 is 2.04 bits per heavy atom. The van der Waals surface area contributed by atoms with Crippen molar-refractivity contribution in [3.63, 3.8) is 0 Å². The average molecular weight is 399 g/mol. The van der Waals surface area contributed by atoms with Gasteiger partial charge in [-0.2, -0.15) is 0 Å². The van der Waals surface area contributed by atoms with Crippen LogP contribution in [0.2, 0.25) is 0 Å². The molecule has 0 aliphatic heterocycles. The molecule has 0 aliphatic carbocycles. The first-order chi connectivity index (χ1) is 13.4. The molecule has 2 aromatic carbocycles. The molecule has 0 spiro atoms. The fraction of sp³-hybridized carbons (Fsp3) is 0.190. The number of ether oxygens (including phenoxy) is 2. The molecule has 7 heteroatoms. The molecule has 0 unspecified atom stereocenters. The minimum absolute atomic E-state index is 0.0541. The first-order valence-electron chi connectivity index (χ1n) is 8.55. The molecular formula is C21H21NO5S. The SMILES string of the molecule is C=CC(=O)OCCCCOc1ccc(C#Cc2ccc(S(N)(=O)=O)cc2)cc1. The Bertz CT molecular complexity index is 968. The lowest BCUT2D eigenvalue weighted by Gasteiger charge is -2.06. The zero-order valence-corrected chi connectivity index (χ0v) is 16.1. The van der Waals surface area contributed by atoms with Crippen molar-refractivity contribution in [3.8, 4) is 17.6 Å². The largest absolute Gasteiger partial charge is 0.494 e. The Hall–Kier alpha value is -3.08. The standard InChI is InChI=1S/C21H21NO5S/c1-2-21(23)27-16-4-3-15-26-19-11-7-17(8-12-19)5-6-18-9-13-20(14-10-18)28(22,24)25/h2,7-14H,1,3-4,15-16H2,(H2,22,24,25). The Balaban J connectivity index is 1.81. The van der Waals surface area contributed by atoms with E-state index in [1.807, 2.05) is 24.3 Å². The van der Waals surface area contributed by atoms with Crippen molar-refractivity contribution in [1.82, 2.24) is 0 Å². The van der Waals surface area contributed by atoms with E-state index in [1.54, 1.807) is 12.1 Å². The third-order valence-electron chi connectivity index (χ3n) is 3.61. The fourth-order valence-electron chi connectivity index (χ4n) is 2.13. The maximum Gasteiger partial charge on any atom is 0.330 e. The summed E-state index contributed by atoms with van der Waals surface area (Å²) in [6.45, 7) is 4.20. The second-order valence-electron chi connectivity index (χ2n) is 5.77. The summed E-state index contributed by atoms with van der Waals surface area (Å²) in [5.74, 6) is 6.28. The Kier molecular flexibility index (Phi) is 7.81. The smallest absolute Gasteiger partial charge is 0.330 e. The fourth-order valence-corrected chi connectivity index (χ4v) is 2.65. The highest BCUT2D eigenvalue weighted by Gasteiger charge is 2.05. The van der Waals surface area contributed by atoms with E-state index in [9.17, 15) is 13.2 Å². The summed E-state index contributed by atoms with van der Waals surface area (Å²) in [6.07, 6.45) is 2.62. The topological polar surface area (TPSA) is 95.7 Å². The van der Waals surface area contributed by atoms with Crippen molar-refractivity contribution in [2.75, 3.05) is 13.2 Å². The molecule has 2 rings (SSSR count). The molecule has 28 heavy (non-hydrogen) atoms. The van der Waals surface area contributed by atoms with Gasteiger partial charge >= 0.3 is 5.97 Å². The third kappa shape index (κ3) is 7.27. The molecule has 0 radical (unpaired) electrons. The number of carbonyl (C=O) groups is 1. The Labute approximate surface area is 165 Å². The Morgan fingerprint density at radius 2 is 1.50 bits per heavy atom. The lowest BCUT2D eigenvalue weighted by atomic mass is 10.2. The van der Waals surface area contributed by atoms with Crippen LogP contribution in [-0.4, -0.2) is 27.6 Å². The zero-order chi connectivity index (χ0) is 20.4. The average Bonchev–Trinajstić information content (AvgIpc) is 2.69. The van der Waals surface area contributed by atoms with Crippen LogP contribution in [0.25, 0.3) is 0 Å². The summed E-state index contributed by atoms with van der Waals surface area (Å²) in [7, 11) is -3.70. The first kappa shape index (κ1) is 21.2. The number of carbonyl (C=O) groups excluding carboxylic acids is 1. The molecule has 0 atom stereocenters. The predicted octanol–water partition coefficient (Wildman–Crippen LogP) is 2.62. The van der Waals surface area contributed by atoms with Gasteiger partial charge in [0.25, 0.3) is 0 Å². The van der Waals surface area contributed by atoms with Gasteiger partial charge in [-0.3, -0.25) is 0 Å². The van der Waals surface area contributed by atoms with Gasteiger partial charge < -0.3 is 9.47 Å². The summed E-state index contributed by atoms with van der Waals surface area (Å²) >= 11 is 0. The van der Waals surface area contributed by atoms with Crippen LogP contribution < -0.4 is 9.88 Å². The number of hydrogen-bond donors (Lipinski definition) is 1. The maximum atomic E-state index is 11.2. The first-order valence-corrected chi connectivity index (χ1v) is 10.1. The minimum atomic E-state index is -3.70. The molecule has 0 aliphatic rings. The van der Waals surface area contributed by atoms with Crippen molar-refractivity contribution in [3.05, 3.63) is 72.3 Å². The van der Waals surface area contributed by atoms with E-state index in [1.165, 1.54) is 12.1 Å². The van der Waals surface area contributed by atoms with E-state index in [0.29, 0.717) is 25.2 Å².